The van der Waals surface area contributed by atoms with Crippen molar-refractivity contribution in [3.63, 3.8) is 0 Å². The molecule has 0 saturated carbocycles. The Morgan fingerprint density at radius 2 is 2.00 bits per heavy atom. The number of nitrogens with zero attached hydrogens (tertiary/aromatic N) is 3. The molecule has 152 valence electrons. The predicted molar refractivity (Wildman–Crippen MR) is 112 cm³/mol. The second kappa shape index (κ2) is 9.32. The number of ether oxygens (including phenoxy) is 1. The number of hydrogen-bond acceptors (Lipinski definition) is 7. The number of carbonyl (C=O) groups excluding carboxylic acids is 1. The maximum atomic E-state index is 12.5. The van der Waals surface area contributed by atoms with Crippen LogP contribution in [-0.4, -0.2) is 21.0 Å². The van der Waals surface area contributed by atoms with E-state index in [0.717, 1.165) is 16.3 Å². The molecular formula is C22H20N4O3S. The molecule has 0 aliphatic rings. The van der Waals surface area contributed by atoms with Crippen molar-refractivity contribution in [2.45, 2.75) is 26.5 Å². The summed E-state index contributed by atoms with van der Waals surface area (Å²) in [5, 5.41) is 9.72. The summed E-state index contributed by atoms with van der Waals surface area (Å²) in [6.07, 6.45) is 0.580. The third-order valence-corrected chi connectivity index (χ3v) is 5.09. The second-order valence-electron chi connectivity index (χ2n) is 6.62. The van der Waals surface area contributed by atoms with Crippen LogP contribution < -0.4 is 10.1 Å². The molecule has 0 aliphatic heterocycles. The predicted octanol–water partition coefficient (Wildman–Crippen LogP) is 3.93. The number of nitrogens with one attached hydrogen (secondary N) is 1. The van der Waals surface area contributed by atoms with Crippen molar-refractivity contribution < 1.29 is 14.1 Å². The van der Waals surface area contributed by atoms with E-state index in [1.165, 1.54) is 0 Å². The first-order chi connectivity index (χ1) is 14.7. The average molecular weight is 420 g/mol. The maximum absolute atomic E-state index is 12.5. The van der Waals surface area contributed by atoms with Gasteiger partial charge in [-0.25, -0.2) is 4.98 Å². The van der Waals surface area contributed by atoms with Gasteiger partial charge in [0, 0.05) is 17.4 Å². The van der Waals surface area contributed by atoms with Crippen LogP contribution in [0.15, 0.2) is 64.5 Å². The SMILES string of the molecule is Cc1nc(COc2cccc(C(=O)NCc3nc(Cc4ccccc4)no3)c2)cs1. The zero-order valence-corrected chi connectivity index (χ0v) is 17.2. The summed E-state index contributed by atoms with van der Waals surface area (Å²) in [6.45, 7) is 2.47. The van der Waals surface area contributed by atoms with Crippen molar-refractivity contribution in [2.75, 3.05) is 0 Å². The molecule has 7 nitrogen and oxygen atoms in total. The topological polar surface area (TPSA) is 90.1 Å². The minimum atomic E-state index is -0.243. The van der Waals surface area contributed by atoms with E-state index >= 15 is 0 Å². The summed E-state index contributed by atoms with van der Waals surface area (Å²) in [7, 11) is 0. The molecule has 4 aromatic rings. The molecule has 0 atom stereocenters. The van der Waals surface area contributed by atoms with E-state index in [1.54, 1.807) is 29.5 Å². The summed E-state index contributed by atoms with van der Waals surface area (Å²) in [5.74, 6) is 1.31. The van der Waals surface area contributed by atoms with E-state index in [9.17, 15) is 4.79 Å². The number of thiazole rings is 1. The van der Waals surface area contributed by atoms with Gasteiger partial charge in [-0.3, -0.25) is 4.79 Å². The third kappa shape index (κ3) is 5.30. The molecule has 0 spiro atoms. The molecule has 0 unspecified atom stereocenters. The molecule has 0 bridgehead atoms. The first kappa shape index (κ1) is 19.8. The molecule has 4 rings (SSSR count). The standard InChI is InChI=1S/C22H20N4O3S/c1-15-24-18(14-30-15)13-28-19-9-5-8-17(11-19)22(27)23-12-21-25-20(26-29-21)10-16-6-3-2-4-7-16/h2-9,11,14H,10,12-13H2,1H3,(H,23,27). The quantitative estimate of drug-likeness (QED) is 0.464. The van der Waals surface area contributed by atoms with Gasteiger partial charge in [-0.2, -0.15) is 4.98 Å². The van der Waals surface area contributed by atoms with Crippen molar-refractivity contribution in [1.29, 1.82) is 0 Å². The van der Waals surface area contributed by atoms with E-state index in [1.807, 2.05) is 48.7 Å². The lowest BCUT2D eigenvalue weighted by atomic mass is 10.1. The molecule has 0 saturated heterocycles. The Labute approximate surface area is 177 Å². The van der Waals surface area contributed by atoms with Crippen LogP contribution in [0.4, 0.5) is 0 Å². The fourth-order valence-corrected chi connectivity index (χ4v) is 3.43. The summed E-state index contributed by atoms with van der Waals surface area (Å²) in [4.78, 5) is 21.2. The fourth-order valence-electron chi connectivity index (χ4n) is 2.83. The molecule has 30 heavy (non-hydrogen) atoms. The number of carbonyl (C=O) groups is 1. The lowest BCUT2D eigenvalue weighted by molar-refractivity contribution is 0.0945. The van der Waals surface area contributed by atoms with E-state index < -0.39 is 0 Å². The highest BCUT2D eigenvalue weighted by molar-refractivity contribution is 7.09. The lowest BCUT2D eigenvalue weighted by Gasteiger charge is -2.07. The van der Waals surface area contributed by atoms with Crippen molar-refractivity contribution >= 4 is 17.2 Å². The highest BCUT2D eigenvalue weighted by Gasteiger charge is 2.11. The van der Waals surface area contributed by atoms with Crippen LogP contribution in [0.1, 0.15) is 38.3 Å². The number of aryl methyl sites for hydroxylation is 1. The Bertz CT molecular complexity index is 1120. The maximum Gasteiger partial charge on any atom is 0.251 e. The number of hydrogen-bond donors (Lipinski definition) is 1. The Balaban J connectivity index is 1.31. The first-order valence-corrected chi connectivity index (χ1v) is 10.3. The van der Waals surface area contributed by atoms with Gasteiger partial charge in [-0.15, -0.1) is 11.3 Å². The summed E-state index contributed by atoms with van der Waals surface area (Å²) in [6, 6.07) is 16.9. The van der Waals surface area contributed by atoms with E-state index in [2.05, 4.69) is 20.4 Å². The molecular weight excluding hydrogens is 400 g/mol. The number of benzene rings is 2. The van der Waals surface area contributed by atoms with Crippen molar-refractivity contribution in [2.24, 2.45) is 0 Å². The molecule has 8 heteroatoms. The van der Waals surface area contributed by atoms with E-state index in [0.29, 0.717) is 36.1 Å². The van der Waals surface area contributed by atoms with Crippen molar-refractivity contribution in [3.05, 3.63) is 93.5 Å². The summed E-state index contributed by atoms with van der Waals surface area (Å²) in [5.41, 5.74) is 2.46. The van der Waals surface area contributed by atoms with Gasteiger partial charge in [0.15, 0.2) is 5.82 Å². The number of rotatable bonds is 8. The third-order valence-electron chi connectivity index (χ3n) is 4.26. The number of aromatic nitrogens is 3. The van der Waals surface area contributed by atoms with Crippen LogP contribution in [0.3, 0.4) is 0 Å². The monoisotopic (exact) mass is 420 g/mol. The van der Waals surface area contributed by atoms with Crippen LogP contribution in [0, 0.1) is 6.92 Å². The van der Waals surface area contributed by atoms with Crippen LogP contribution in [0.5, 0.6) is 5.75 Å². The minimum Gasteiger partial charge on any atom is -0.487 e. The largest absolute Gasteiger partial charge is 0.487 e. The molecule has 1 amide bonds. The van der Waals surface area contributed by atoms with E-state index in [4.69, 9.17) is 9.26 Å². The zero-order chi connectivity index (χ0) is 20.8. The molecule has 2 heterocycles. The van der Waals surface area contributed by atoms with Crippen LogP contribution in [0.25, 0.3) is 0 Å². The molecule has 0 aliphatic carbocycles. The Hall–Kier alpha value is -3.52. The van der Waals surface area contributed by atoms with Gasteiger partial charge in [0.05, 0.1) is 17.2 Å². The smallest absolute Gasteiger partial charge is 0.251 e. The van der Waals surface area contributed by atoms with Crippen LogP contribution in [0.2, 0.25) is 0 Å². The van der Waals surface area contributed by atoms with Gasteiger partial charge in [-0.05, 0) is 30.7 Å². The fraction of sp³-hybridized carbons (Fsp3) is 0.182. The van der Waals surface area contributed by atoms with Gasteiger partial charge in [0.1, 0.15) is 12.4 Å². The Kier molecular flexibility index (Phi) is 6.14. The van der Waals surface area contributed by atoms with Gasteiger partial charge < -0.3 is 14.6 Å². The van der Waals surface area contributed by atoms with Crippen molar-refractivity contribution in [3.8, 4) is 5.75 Å². The average Bonchev–Trinajstić information content (AvgIpc) is 3.40. The lowest BCUT2D eigenvalue weighted by Crippen LogP contribution is -2.23. The second-order valence-corrected chi connectivity index (χ2v) is 7.69. The Morgan fingerprint density at radius 3 is 2.80 bits per heavy atom. The van der Waals surface area contributed by atoms with Crippen molar-refractivity contribution in [1.82, 2.24) is 20.4 Å². The molecule has 2 aromatic heterocycles. The van der Waals surface area contributed by atoms with Crippen LogP contribution >= 0.6 is 11.3 Å². The van der Waals surface area contributed by atoms with Gasteiger partial charge in [-0.1, -0.05) is 41.6 Å². The van der Waals surface area contributed by atoms with Crippen LogP contribution in [-0.2, 0) is 19.6 Å². The minimum absolute atomic E-state index is 0.157. The highest BCUT2D eigenvalue weighted by Crippen LogP contribution is 2.16. The van der Waals surface area contributed by atoms with E-state index in [-0.39, 0.29) is 12.5 Å². The molecule has 0 radical (unpaired) electrons. The van der Waals surface area contributed by atoms with Gasteiger partial charge >= 0.3 is 0 Å². The first-order valence-electron chi connectivity index (χ1n) is 9.43. The highest BCUT2D eigenvalue weighted by atomic mass is 32.1. The Morgan fingerprint density at radius 1 is 1.13 bits per heavy atom. The summed E-state index contributed by atoms with van der Waals surface area (Å²) >= 11 is 1.58. The molecule has 0 fully saturated rings. The molecule has 2 aromatic carbocycles. The zero-order valence-electron chi connectivity index (χ0n) is 16.4. The molecule has 1 N–H and O–H groups in total. The number of amides is 1. The normalized spacial score (nSPS) is 10.7. The van der Waals surface area contributed by atoms with Gasteiger partial charge in [0.2, 0.25) is 5.89 Å². The summed E-state index contributed by atoms with van der Waals surface area (Å²) < 4.78 is 11.0. The van der Waals surface area contributed by atoms with Gasteiger partial charge in [0.25, 0.3) is 5.91 Å².